The van der Waals surface area contributed by atoms with Gasteiger partial charge in [0.25, 0.3) is 0 Å². The van der Waals surface area contributed by atoms with Crippen LogP contribution in [0.5, 0.6) is 11.8 Å². The van der Waals surface area contributed by atoms with Gasteiger partial charge in [-0.3, -0.25) is 4.79 Å². The number of carbonyl (C=O) groups excluding carboxylic acids is 1. The molecule has 5 heteroatoms. The number of carbonyl (C=O) groups is 1. The molecule has 3 rings (SSSR count). The average Bonchev–Trinajstić information content (AvgIpc) is 2.56. The number of rotatable bonds is 4. The maximum Gasteiger partial charge on any atom is 0.321 e. The predicted molar refractivity (Wildman–Crippen MR) is 93.0 cm³/mol. The molecule has 0 aliphatic carbocycles. The Kier molecular flexibility index (Phi) is 4.52. The van der Waals surface area contributed by atoms with Gasteiger partial charge in [-0.25, -0.2) is 9.97 Å². The van der Waals surface area contributed by atoms with Crippen molar-refractivity contribution in [2.45, 2.75) is 13.8 Å². The van der Waals surface area contributed by atoms with Crippen LogP contribution in [0.4, 0.5) is 5.69 Å². The Hall–Kier alpha value is -3.21. The molecule has 2 aromatic carbocycles. The summed E-state index contributed by atoms with van der Waals surface area (Å²) >= 11 is 0. The number of hydrogen-bond donors (Lipinski definition) is 1. The van der Waals surface area contributed by atoms with Crippen molar-refractivity contribution in [3.05, 3.63) is 66.5 Å². The van der Waals surface area contributed by atoms with Crippen LogP contribution in [0.15, 0.2) is 60.9 Å². The molecular formula is C19H17N3O2. The lowest BCUT2D eigenvalue weighted by atomic mass is 10.1. The summed E-state index contributed by atoms with van der Waals surface area (Å²) in [6, 6.07) is 15.5. The zero-order chi connectivity index (χ0) is 16.9. The molecule has 24 heavy (non-hydrogen) atoms. The summed E-state index contributed by atoms with van der Waals surface area (Å²) in [5.74, 6) is 0.426. The quantitative estimate of drug-likeness (QED) is 0.782. The third-order valence-electron chi connectivity index (χ3n) is 3.38. The van der Waals surface area contributed by atoms with Gasteiger partial charge in [0.2, 0.25) is 5.91 Å². The molecule has 0 saturated heterocycles. The van der Waals surface area contributed by atoms with E-state index in [1.807, 2.05) is 31.2 Å². The summed E-state index contributed by atoms with van der Waals surface area (Å²) in [5.41, 5.74) is 3.85. The van der Waals surface area contributed by atoms with E-state index in [1.165, 1.54) is 12.5 Å². The Labute approximate surface area is 140 Å². The van der Waals surface area contributed by atoms with E-state index in [1.54, 1.807) is 36.7 Å². The first-order chi connectivity index (χ1) is 11.6. The highest BCUT2D eigenvalue weighted by Crippen LogP contribution is 2.23. The Morgan fingerprint density at radius 3 is 2.38 bits per heavy atom. The minimum atomic E-state index is -0.133. The van der Waals surface area contributed by atoms with E-state index in [2.05, 4.69) is 15.3 Å². The van der Waals surface area contributed by atoms with E-state index in [0.29, 0.717) is 11.4 Å². The lowest BCUT2D eigenvalue weighted by molar-refractivity contribution is -0.114. The van der Waals surface area contributed by atoms with Gasteiger partial charge in [0, 0.05) is 36.6 Å². The second-order valence-electron chi connectivity index (χ2n) is 5.43. The topological polar surface area (TPSA) is 64.1 Å². The Bertz CT molecular complexity index is 843. The number of ether oxygens (including phenoxy) is 1. The fourth-order valence-electron chi connectivity index (χ4n) is 2.21. The molecular weight excluding hydrogens is 302 g/mol. The van der Waals surface area contributed by atoms with E-state index in [4.69, 9.17) is 4.74 Å². The number of hydrogen-bond acceptors (Lipinski definition) is 4. The third-order valence-corrected chi connectivity index (χ3v) is 3.38. The van der Waals surface area contributed by atoms with E-state index in [-0.39, 0.29) is 11.9 Å². The number of nitrogens with one attached hydrogen (secondary N) is 1. The minimum Gasteiger partial charge on any atom is -0.424 e. The summed E-state index contributed by atoms with van der Waals surface area (Å²) in [6.45, 7) is 3.51. The number of nitrogens with zero attached hydrogens (tertiary/aromatic N) is 2. The van der Waals surface area contributed by atoms with Crippen molar-refractivity contribution in [3.63, 3.8) is 0 Å². The minimum absolute atomic E-state index is 0.133. The molecule has 120 valence electrons. The van der Waals surface area contributed by atoms with Crippen LogP contribution < -0.4 is 10.1 Å². The number of aryl methyl sites for hydroxylation is 1. The molecule has 0 aliphatic heterocycles. The normalized spacial score (nSPS) is 10.2. The van der Waals surface area contributed by atoms with Gasteiger partial charge in [0.1, 0.15) is 5.75 Å². The summed E-state index contributed by atoms with van der Waals surface area (Å²) in [4.78, 5) is 19.6. The van der Waals surface area contributed by atoms with Crippen molar-refractivity contribution >= 4 is 11.6 Å². The van der Waals surface area contributed by atoms with Crippen LogP contribution in [0.2, 0.25) is 0 Å². The molecule has 0 unspecified atom stereocenters. The molecule has 5 nitrogen and oxygen atoms in total. The van der Waals surface area contributed by atoms with Crippen LogP contribution >= 0.6 is 0 Å². The van der Waals surface area contributed by atoms with Gasteiger partial charge < -0.3 is 10.1 Å². The van der Waals surface area contributed by atoms with Crippen molar-refractivity contribution in [2.75, 3.05) is 5.32 Å². The van der Waals surface area contributed by atoms with Gasteiger partial charge >= 0.3 is 6.01 Å². The Morgan fingerprint density at radius 2 is 1.71 bits per heavy atom. The van der Waals surface area contributed by atoms with Gasteiger partial charge in [-0.15, -0.1) is 0 Å². The molecule has 1 amide bonds. The predicted octanol–water partition coefficient (Wildman–Crippen LogP) is 4.20. The van der Waals surface area contributed by atoms with Crippen LogP contribution in [0.1, 0.15) is 12.5 Å². The molecule has 3 aromatic rings. The maximum atomic E-state index is 11.1. The lowest BCUT2D eigenvalue weighted by Crippen LogP contribution is -2.05. The van der Waals surface area contributed by atoms with Crippen molar-refractivity contribution in [1.82, 2.24) is 9.97 Å². The smallest absolute Gasteiger partial charge is 0.321 e. The average molecular weight is 319 g/mol. The first kappa shape index (κ1) is 15.7. The molecule has 0 bridgehead atoms. The van der Waals surface area contributed by atoms with Gasteiger partial charge in [-0.1, -0.05) is 35.9 Å². The zero-order valence-electron chi connectivity index (χ0n) is 13.5. The molecule has 0 aliphatic rings. The van der Waals surface area contributed by atoms with E-state index in [0.717, 1.165) is 11.1 Å². The van der Waals surface area contributed by atoms with Crippen molar-refractivity contribution in [1.29, 1.82) is 0 Å². The largest absolute Gasteiger partial charge is 0.424 e. The highest BCUT2D eigenvalue weighted by atomic mass is 16.5. The standard InChI is InChI=1S/C19H17N3O2/c1-13-6-8-15(9-7-13)16-11-20-19(21-12-16)24-18-5-3-4-17(10-18)22-14(2)23/h3-12H,1-2H3,(H,22,23). The first-order valence-corrected chi connectivity index (χ1v) is 7.55. The van der Waals surface area contributed by atoms with Crippen LogP contribution in [-0.4, -0.2) is 15.9 Å². The maximum absolute atomic E-state index is 11.1. The number of aromatic nitrogens is 2. The highest BCUT2D eigenvalue weighted by Gasteiger charge is 2.04. The van der Waals surface area contributed by atoms with Crippen molar-refractivity contribution in [3.8, 4) is 22.9 Å². The summed E-state index contributed by atoms with van der Waals surface area (Å²) in [7, 11) is 0. The second kappa shape index (κ2) is 6.91. The van der Waals surface area contributed by atoms with Crippen LogP contribution in [-0.2, 0) is 4.79 Å². The van der Waals surface area contributed by atoms with Crippen LogP contribution in [0, 0.1) is 6.92 Å². The third kappa shape index (κ3) is 3.95. The molecule has 0 saturated carbocycles. The van der Waals surface area contributed by atoms with Crippen molar-refractivity contribution in [2.24, 2.45) is 0 Å². The monoisotopic (exact) mass is 319 g/mol. The first-order valence-electron chi connectivity index (χ1n) is 7.55. The SMILES string of the molecule is CC(=O)Nc1cccc(Oc2ncc(-c3ccc(C)cc3)cn2)c1. The molecule has 0 spiro atoms. The highest BCUT2D eigenvalue weighted by molar-refractivity contribution is 5.88. The van der Waals surface area contributed by atoms with Gasteiger partial charge in [-0.05, 0) is 24.6 Å². The van der Waals surface area contributed by atoms with Crippen molar-refractivity contribution < 1.29 is 9.53 Å². The van der Waals surface area contributed by atoms with Crippen LogP contribution in [0.3, 0.4) is 0 Å². The Morgan fingerprint density at radius 1 is 1.00 bits per heavy atom. The fraction of sp³-hybridized carbons (Fsp3) is 0.105. The summed E-state index contributed by atoms with van der Waals surface area (Å²) in [5, 5.41) is 2.71. The summed E-state index contributed by atoms with van der Waals surface area (Å²) in [6.07, 6.45) is 3.45. The van der Waals surface area contributed by atoms with Gasteiger partial charge in [0.15, 0.2) is 0 Å². The fourth-order valence-corrected chi connectivity index (χ4v) is 2.21. The van der Waals surface area contributed by atoms with Gasteiger partial charge in [-0.2, -0.15) is 0 Å². The molecule has 1 heterocycles. The number of anilines is 1. The number of amides is 1. The lowest BCUT2D eigenvalue weighted by Gasteiger charge is -2.07. The molecule has 1 aromatic heterocycles. The molecule has 1 N–H and O–H groups in total. The number of benzene rings is 2. The molecule has 0 radical (unpaired) electrons. The molecule has 0 fully saturated rings. The van der Waals surface area contributed by atoms with Crippen LogP contribution in [0.25, 0.3) is 11.1 Å². The van der Waals surface area contributed by atoms with E-state index >= 15 is 0 Å². The van der Waals surface area contributed by atoms with E-state index in [9.17, 15) is 4.79 Å². The van der Waals surface area contributed by atoms with Gasteiger partial charge in [0.05, 0.1) is 0 Å². The molecule has 0 atom stereocenters. The van der Waals surface area contributed by atoms with E-state index < -0.39 is 0 Å². The Balaban J connectivity index is 1.74. The summed E-state index contributed by atoms with van der Waals surface area (Å²) < 4.78 is 5.64. The zero-order valence-corrected chi connectivity index (χ0v) is 13.5. The second-order valence-corrected chi connectivity index (χ2v) is 5.43.